The third-order valence-electron chi connectivity index (χ3n) is 2.99. The van der Waals surface area contributed by atoms with Crippen molar-refractivity contribution in [2.24, 2.45) is 10.1 Å². The SMILES string of the molecule is Cc1csc(=Nc2ccc(F)cc2)n1N=Cc1ccc([N+](=O)[O-])o1. The lowest BCUT2D eigenvalue weighted by molar-refractivity contribution is -0.402. The zero-order valence-electron chi connectivity index (χ0n) is 12.4. The molecule has 9 heteroatoms. The Morgan fingerprint density at radius 3 is 2.71 bits per heavy atom. The summed E-state index contributed by atoms with van der Waals surface area (Å²) in [4.78, 5) is 15.0. The second-order valence-electron chi connectivity index (χ2n) is 4.74. The van der Waals surface area contributed by atoms with Gasteiger partial charge in [-0.1, -0.05) is 0 Å². The minimum absolute atomic E-state index is 0.257. The second kappa shape index (κ2) is 6.59. The predicted molar refractivity (Wildman–Crippen MR) is 87.0 cm³/mol. The van der Waals surface area contributed by atoms with Crippen LogP contribution in [0.15, 0.2) is 56.3 Å². The third kappa shape index (κ3) is 3.46. The molecule has 122 valence electrons. The molecule has 0 aliphatic carbocycles. The van der Waals surface area contributed by atoms with Crippen LogP contribution in [0.3, 0.4) is 0 Å². The van der Waals surface area contributed by atoms with Crippen molar-refractivity contribution in [1.29, 1.82) is 0 Å². The molecule has 0 saturated carbocycles. The van der Waals surface area contributed by atoms with E-state index in [1.807, 2.05) is 12.3 Å². The minimum Gasteiger partial charge on any atom is -0.400 e. The van der Waals surface area contributed by atoms with Crippen LogP contribution in [0.25, 0.3) is 0 Å². The zero-order valence-corrected chi connectivity index (χ0v) is 13.2. The molecule has 1 aromatic carbocycles. The molecule has 0 saturated heterocycles. The molecular formula is C15H11FN4O3S. The summed E-state index contributed by atoms with van der Waals surface area (Å²) in [6.07, 6.45) is 1.37. The fourth-order valence-electron chi connectivity index (χ4n) is 1.85. The van der Waals surface area contributed by atoms with E-state index in [2.05, 4.69) is 10.1 Å². The first-order valence-electron chi connectivity index (χ1n) is 6.79. The van der Waals surface area contributed by atoms with Crippen LogP contribution in [-0.4, -0.2) is 15.8 Å². The lowest BCUT2D eigenvalue weighted by Gasteiger charge is -1.97. The van der Waals surface area contributed by atoms with Crippen molar-refractivity contribution in [3.05, 3.63) is 74.0 Å². The number of halogens is 1. The molecule has 3 rings (SSSR count). The fourth-order valence-corrected chi connectivity index (χ4v) is 2.68. The maximum Gasteiger partial charge on any atom is 0.433 e. The molecule has 0 aliphatic heterocycles. The van der Waals surface area contributed by atoms with Crippen molar-refractivity contribution in [3.8, 4) is 0 Å². The van der Waals surface area contributed by atoms with E-state index < -0.39 is 4.92 Å². The van der Waals surface area contributed by atoms with E-state index in [-0.39, 0.29) is 17.5 Å². The Hall–Kier alpha value is -3.07. The number of rotatable bonds is 4. The lowest BCUT2D eigenvalue weighted by atomic mass is 10.3. The van der Waals surface area contributed by atoms with Gasteiger partial charge in [-0.25, -0.2) is 14.1 Å². The normalized spacial score (nSPS) is 12.2. The van der Waals surface area contributed by atoms with E-state index in [9.17, 15) is 14.5 Å². The van der Waals surface area contributed by atoms with E-state index in [0.717, 1.165) is 5.69 Å². The molecule has 0 radical (unpaired) electrons. The Kier molecular flexibility index (Phi) is 4.34. The van der Waals surface area contributed by atoms with Crippen LogP contribution < -0.4 is 4.80 Å². The molecule has 3 aromatic rings. The van der Waals surface area contributed by atoms with Gasteiger partial charge in [-0.3, -0.25) is 10.1 Å². The topological polar surface area (TPSA) is 85.9 Å². The Bertz CT molecular complexity index is 969. The number of furan rings is 1. The monoisotopic (exact) mass is 346 g/mol. The van der Waals surface area contributed by atoms with Crippen molar-refractivity contribution < 1.29 is 13.7 Å². The van der Waals surface area contributed by atoms with E-state index in [1.165, 1.54) is 41.8 Å². The molecule has 0 N–H and O–H groups in total. The van der Waals surface area contributed by atoms with E-state index in [0.29, 0.717) is 10.5 Å². The zero-order chi connectivity index (χ0) is 17.1. The van der Waals surface area contributed by atoms with Gasteiger partial charge in [0.05, 0.1) is 23.7 Å². The molecule has 0 amide bonds. The summed E-state index contributed by atoms with van der Waals surface area (Å²) in [5.41, 5.74) is 1.43. The lowest BCUT2D eigenvalue weighted by Crippen LogP contribution is -2.11. The van der Waals surface area contributed by atoms with Gasteiger partial charge in [-0.15, -0.1) is 11.3 Å². The molecule has 0 fully saturated rings. The van der Waals surface area contributed by atoms with Crippen molar-refractivity contribution in [1.82, 2.24) is 4.68 Å². The largest absolute Gasteiger partial charge is 0.433 e. The molecule has 0 aliphatic rings. The van der Waals surface area contributed by atoms with Crippen LogP contribution in [0, 0.1) is 22.9 Å². The average molecular weight is 346 g/mol. The first-order chi connectivity index (χ1) is 11.5. The first-order valence-corrected chi connectivity index (χ1v) is 7.67. The van der Waals surface area contributed by atoms with Crippen molar-refractivity contribution >= 4 is 29.1 Å². The second-order valence-corrected chi connectivity index (χ2v) is 5.57. The van der Waals surface area contributed by atoms with Gasteiger partial charge >= 0.3 is 5.88 Å². The van der Waals surface area contributed by atoms with Crippen molar-refractivity contribution in [2.75, 3.05) is 0 Å². The van der Waals surface area contributed by atoms with Gasteiger partial charge in [0.15, 0.2) is 5.76 Å². The number of hydrogen-bond acceptors (Lipinski definition) is 6. The summed E-state index contributed by atoms with van der Waals surface area (Å²) >= 11 is 1.37. The molecule has 24 heavy (non-hydrogen) atoms. The maximum atomic E-state index is 12.9. The molecule has 2 heterocycles. The molecular weight excluding hydrogens is 335 g/mol. The summed E-state index contributed by atoms with van der Waals surface area (Å²) in [5.74, 6) is -0.422. The van der Waals surface area contributed by atoms with Crippen molar-refractivity contribution in [2.45, 2.75) is 6.92 Å². The van der Waals surface area contributed by atoms with Gasteiger partial charge in [0, 0.05) is 5.38 Å². The summed E-state index contributed by atoms with van der Waals surface area (Å²) in [5, 5.41) is 16.7. The highest BCUT2D eigenvalue weighted by atomic mass is 32.1. The number of hydrogen-bond donors (Lipinski definition) is 0. The van der Waals surface area contributed by atoms with Gasteiger partial charge in [0.1, 0.15) is 10.7 Å². The first kappa shape index (κ1) is 15.8. The number of thiazole rings is 1. The number of aryl methyl sites for hydroxylation is 1. The predicted octanol–water partition coefficient (Wildman–Crippen LogP) is 3.61. The van der Waals surface area contributed by atoms with Crippen LogP contribution in [0.2, 0.25) is 0 Å². The number of nitrogens with zero attached hydrogens (tertiary/aromatic N) is 4. The van der Waals surface area contributed by atoms with Crippen LogP contribution >= 0.6 is 11.3 Å². The van der Waals surface area contributed by atoms with Crippen LogP contribution in [0.1, 0.15) is 11.5 Å². The molecule has 0 unspecified atom stereocenters. The molecule has 0 atom stereocenters. The van der Waals surface area contributed by atoms with Crippen molar-refractivity contribution in [3.63, 3.8) is 0 Å². The molecule has 0 bridgehead atoms. The van der Waals surface area contributed by atoms with E-state index in [4.69, 9.17) is 4.42 Å². The maximum absolute atomic E-state index is 12.9. The summed E-state index contributed by atoms with van der Waals surface area (Å²) in [6.45, 7) is 1.85. The molecule has 0 spiro atoms. The Balaban J connectivity index is 1.93. The summed E-state index contributed by atoms with van der Waals surface area (Å²) in [7, 11) is 0. The van der Waals surface area contributed by atoms with Gasteiger partial charge in [0.25, 0.3) is 0 Å². The van der Waals surface area contributed by atoms with Gasteiger partial charge in [-0.2, -0.15) is 5.10 Å². The summed E-state index contributed by atoms with van der Waals surface area (Å²) < 4.78 is 19.5. The fraction of sp³-hybridized carbons (Fsp3) is 0.0667. The number of benzene rings is 1. The smallest absolute Gasteiger partial charge is 0.400 e. The Morgan fingerprint density at radius 1 is 1.29 bits per heavy atom. The molecule has 2 aromatic heterocycles. The van der Waals surface area contributed by atoms with Crippen LogP contribution in [0.4, 0.5) is 16.0 Å². The Morgan fingerprint density at radius 2 is 2.04 bits per heavy atom. The van der Waals surface area contributed by atoms with E-state index in [1.54, 1.807) is 16.8 Å². The average Bonchev–Trinajstić information content (AvgIpc) is 3.15. The highest BCUT2D eigenvalue weighted by Crippen LogP contribution is 2.14. The molecule has 7 nitrogen and oxygen atoms in total. The number of nitro groups is 1. The summed E-state index contributed by atoms with van der Waals surface area (Å²) in [6, 6.07) is 8.50. The van der Waals surface area contributed by atoms with E-state index >= 15 is 0 Å². The van der Waals surface area contributed by atoms with Crippen LogP contribution in [-0.2, 0) is 0 Å². The van der Waals surface area contributed by atoms with Crippen LogP contribution in [0.5, 0.6) is 0 Å². The highest BCUT2D eigenvalue weighted by molar-refractivity contribution is 7.07. The standard InChI is InChI=1S/C15H11FN4O3S/c1-10-9-24-15(18-12-4-2-11(16)3-5-12)19(10)17-8-13-6-7-14(23-13)20(21)22/h2-9H,1H3. The number of aromatic nitrogens is 1. The minimum atomic E-state index is -0.615. The van der Waals surface area contributed by atoms with Gasteiger partial charge in [0.2, 0.25) is 4.80 Å². The quantitative estimate of drug-likeness (QED) is 0.411. The van der Waals surface area contributed by atoms with Gasteiger partial charge < -0.3 is 4.42 Å². The third-order valence-corrected chi connectivity index (χ3v) is 3.93. The Labute approximate surface area is 139 Å². The highest BCUT2D eigenvalue weighted by Gasteiger charge is 2.10. The van der Waals surface area contributed by atoms with Gasteiger partial charge in [-0.05, 0) is 37.3 Å².